The summed E-state index contributed by atoms with van der Waals surface area (Å²) in [7, 11) is -0.945. The predicted molar refractivity (Wildman–Crippen MR) is 51.3 cm³/mol. The van der Waals surface area contributed by atoms with Gasteiger partial charge in [-0.05, 0) is 13.0 Å². The maximum Gasteiger partial charge on any atom is 0.344 e. The molecule has 0 aromatic heterocycles. The van der Waals surface area contributed by atoms with Crippen LogP contribution in [0, 0.1) is 5.92 Å². The average molecular weight is 202 g/mol. The van der Waals surface area contributed by atoms with E-state index in [1.807, 2.05) is 6.92 Å². The number of rotatable bonds is 5. The Balaban J connectivity index is 4.32. The maximum absolute atomic E-state index is 10.7. The highest BCUT2D eigenvalue weighted by Gasteiger charge is 2.20. The van der Waals surface area contributed by atoms with Gasteiger partial charge in [0.2, 0.25) is 0 Å². The molecule has 0 radical (unpaired) electrons. The van der Waals surface area contributed by atoms with E-state index in [-0.39, 0.29) is 5.92 Å². The van der Waals surface area contributed by atoms with Crippen molar-refractivity contribution in [2.75, 3.05) is 7.11 Å². The fourth-order valence-electron chi connectivity index (χ4n) is 1.10. The zero-order valence-electron chi connectivity index (χ0n) is 8.24. The minimum Gasteiger partial charge on any atom is -0.591 e. The first-order chi connectivity index (χ1) is 6.02. The third-order valence-corrected chi connectivity index (χ3v) is 2.95. The van der Waals surface area contributed by atoms with E-state index in [1.165, 1.54) is 7.11 Å². The molecule has 0 fully saturated rings. The molecule has 0 aliphatic rings. The molecule has 2 unspecified atom stereocenters. The van der Waals surface area contributed by atoms with Crippen molar-refractivity contribution in [1.82, 2.24) is 0 Å². The van der Waals surface area contributed by atoms with Crippen LogP contribution in [-0.2, 0) is 9.30 Å². The van der Waals surface area contributed by atoms with E-state index >= 15 is 0 Å². The Kier molecular flexibility index (Phi) is 5.60. The molecule has 0 N–H and O–H groups in total. The summed E-state index contributed by atoms with van der Waals surface area (Å²) in [4.78, 5) is 10.7. The Labute approximate surface area is 80.0 Å². The Hall–Kier alpha value is -0.660. The van der Waals surface area contributed by atoms with Gasteiger partial charge in [-0.2, -0.15) is 0 Å². The van der Waals surface area contributed by atoms with Crippen LogP contribution in [-0.4, -0.2) is 7.11 Å². The van der Waals surface area contributed by atoms with E-state index in [2.05, 4.69) is 6.58 Å². The molecule has 4 heteroatoms. The van der Waals surface area contributed by atoms with E-state index in [0.717, 1.165) is 0 Å². The van der Waals surface area contributed by atoms with Gasteiger partial charge in [0, 0.05) is 12.3 Å². The van der Waals surface area contributed by atoms with Gasteiger partial charge < -0.3 is 9.63 Å². The van der Waals surface area contributed by atoms with Crippen molar-refractivity contribution in [3.63, 3.8) is 0 Å². The van der Waals surface area contributed by atoms with Gasteiger partial charge in [-0.15, -0.1) is 0 Å². The fraction of sp³-hybridized carbons (Fsp3) is 0.556. The Morgan fingerprint density at radius 2 is 2.31 bits per heavy atom. The number of ether oxygens (including phenoxy) is 1. The lowest BCUT2D eigenvalue weighted by Gasteiger charge is -2.09. The smallest absolute Gasteiger partial charge is 0.344 e. The number of hydrogen-bond donors (Lipinski definition) is 0. The lowest BCUT2D eigenvalue weighted by molar-refractivity contribution is -0.162. The first-order valence-electron chi connectivity index (χ1n) is 4.05. The van der Waals surface area contributed by atoms with Crippen LogP contribution in [0.1, 0.15) is 20.3 Å². The van der Waals surface area contributed by atoms with E-state index in [0.29, 0.717) is 17.5 Å². The Morgan fingerprint density at radius 3 is 2.62 bits per heavy atom. The van der Waals surface area contributed by atoms with Crippen molar-refractivity contribution in [1.29, 1.82) is 0 Å². The highest BCUT2D eigenvalue weighted by Crippen LogP contribution is 2.33. The zero-order valence-corrected chi connectivity index (χ0v) is 9.14. The second-order valence-corrected chi connectivity index (χ2v) is 3.85. The van der Waals surface area contributed by atoms with Gasteiger partial charge in [0.15, 0.2) is 5.31 Å². The summed E-state index contributed by atoms with van der Waals surface area (Å²) in [6.07, 6.45) is 2.15. The largest absolute Gasteiger partial charge is 0.591 e. The quantitative estimate of drug-likeness (QED) is 0.507. The first kappa shape index (κ1) is 12.3. The van der Waals surface area contributed by atoms with Crippen LogP contribution in [0.2, 0.25) is 0 Å². The summed E-state index contributed by atoms with van der Waals surface area (Å²) in [5.74, 6) is 0.544. The maximum atomic E-state index is 10.7. The number of hydrogen-bond acceptors (Lipinski definition) is 3. The van der Waals surface area contributed by atoms with Gasteiger partial charge in [-0.1, -0.05) is 18.1 Å². The molecular formula is C9H15O3P. The summed E-state index contributed by atoms with van der Waals surface area (Å²) in [5.41, 5.74) is 0. The third kappa shape index (κ3) is 4.20. The molecule has 0 saturated heterocycles. The van der Waals surface area contributed by atoms with Gasteiger partial charge in [-0.3, -0.25) is 0 Å². The van der Waals surface area contributed by atoms with Crippen LogP contribution >= 0.6 is 8.03 Å². The molecule has 0 aliphatic carbocycles. The van der Waals surface area contributed by atoms with Gasteiger partial charge in [0.1, 0.15) is 0 Å². The molecule has 0 aromatic rings. The highest BCUT2D eigenvalue weighted by molar-refractivity contribution is 7.41. The van der Waals surface area contributed by atoms with Crippen LogP contribution in [0.15, 0.2) is 23.7 Å². The van der Waals surface area contributed by atoms with Crippen LogP contribution in [0.4, 0.5) is 0 Å². The molecule has 0 spiro atoms. The molecular weight excluding hydrogens is 187 g/mol. The second kappa shape index (κ2) is 5.90. The predicted octanol–water partition coefficient (Wildman–Crippen LogP) is 2.18. The number of methoxy groups -OCH3 is 1. The summed E-state index contributed by atoms with van der Waals surface area (Å²) in [6, 6.07) is 0. The zero-order chi connectivity index (χ0) is 10.4. The molecule has 3 nitrogen and oxygen atoms in total. The lowest BCUT2D eigenvalue weighted by atomic mass is 10.1. The molecule has 74 valence electrons. The van der Waals surface area contributed by atoms with Crippen molar-refractivity contribution in [2.45, 2.75) is 20.3 Å². The van der Waals surface area contributed by atoms with Gasteiger partial charge in [-0.25, -0.2) is 0 Å². The van der Waals surface area contributed by atoms with Gasteiger partial charge >= 0.3 is 8.03 Å². The van der Waals surface area contributed by atoms with E-state index in [9.17, 15) is 9.46 Å². The molecule has 0 amide bonds. The van der Waals surface area contributed by atoms with Crippen molar-refractivity contribution in [3.8, 4) is 0 Å². The number of allylic oxidation sites excluding steroid dienone is 3. The molecule has 0 saturated carbocycles. The van der Waals surface area contributed by atoms with Crippen LogP contribution in [0.3, 0.4) is 0 Å². The van der Waals surface area contributed by atoms with Crippen molar-refractivity contribution >= 4 is 8.03 Å². The summed E-state index contributed by atoms with van der Waals surface area (Å²) >= 11 is 0. The summed E-state index contributed by atoms with van der Waals surface area (Å²) in [5, 5.41) is 0.438. The van der Waals surface area contributed by atoms with E-state index in [1.54, 1.807) is 13.0 Å². The highest BCUT2D eigenvalue weighted by atomic mass is 31.1. The second-order valence-electron chi connectivity index (χ2n) is 2.82. The van der Waals surface area contributed by atoms with Crippen LogP contribution in [0.25, 0.3) is 0 Å². The molecule has 13 heavy (non-hydrogen) atoms. The van der Waals surface area contributed by atoms with E-state index < -0.39 is 8.03 Å². The van der Waals surface area contributed by atoms with Crippen molar-refractivity contribution in [3.05, 3.63) is 23.7 Å². The van der Waals surface area contributed by atoms with Crippen LogP contribution < -0.4 is 4.89 Å². The molecule has 0 aliphatic heterocycles. The molecule has 0 rings (SSSR count). The normalized spacial score (nSPS) is 15.1. The third-order valence-electron chi connectivity index (χ3n) is 1.83. The average Bonchev–Trinajstić information content (AvgIpc) is 2.04. The fourth-order valence-corrected chi connectivity index (χ4v) is 1.76. The Morgan fingerprint density at radius 1 is 1.77 bits per heavy atom. The molecule has 0 heterocycles. The minimum absolute atomic E-state index is 0.0569. The molecule has 2 atom stereocenters. The molecule has 0 aromatic carbocycles. The van der Waals surface area contributed by atoms with Crippen molar-refractivity contribution < 1.29 is 14.2 Å². The first-order valence-corrected chi connectivity index (χ1v) is 5.23. The monoisotopic (exact) mass is 202 g/mol. The minimum atomic E-state index is -2.47. The summed E-state index contributed by atoms with van der Waals surface area (Å²) < 4.78 is 15.6. The lowest BCUT2D eigenvalue weighted by Crippen LogP contribution is -2.03. The van der Waals surface area contributed by atoms with Gasteiger partial charge in [0.05, 0.1) is 12.9 Å². The van der Waals surface area contributed by atoms with Gasteiger partial charge in [0.25, 0.3) is 0 Å². The van der Waals surface area contributed by atoms with Crippen molar-refractivity contribution in [2.24, 2.45) is 5.92 Å². The topological polar surface area (TPSA) is 49.4 Å². The Bertz CT molecular complexity index is 233. The summed E-state index contributed by atoms with van der Waals surface area (Å²) in [6.45, 7) is 7.20. The van der Waals surface area contributed by atoms with Crippen LogP contribution in [0.5, 0.6) is 0 Å². The standard InChI is InChI=1S/C9H15O3P/c1-5-9(13(10)11)7(2)6-8(3)12-4/h5,7H,3,6H2,1-2,4H3/b9-5-. The molecule has 0 bridgehead atoms. The van der Waals surface area contributed by atoms with E-state index in [4.69, 9.17) is 4.74 Å². The SMILES string of the molecule is C=C(CC(C)/C(=C/C)[P+](=O)[O-])OC.